The lowest BCUT2D eigenvalue weighted by atomic mass is 10.3. The van der Waals surface area contributed by atoms with Crippen LogP contribution in [0.2, 0.25) is 0 Å². The number of nitrogens with one attached hydrogen (secondary N) is 1. The number of hydrogen-bond acceptors (Lipinski definition) is 3. The molecule has 82 valence electrons. The molecule has 0 unspecified atom stereocenters. The summed E-state index contributed by atoms with van der Waals surface area (Å²) in [6.07, 6.45) is 1.27. The SMILES string of the molecule is O=C(O)c1cnc(COc2ccccc2)[nH]1. The molecule has 2 rings (SSSR count). The van der Waals surface area contributed by atoms with Gasteiger partial charge in [0.15, 0.2) is 0 Å². The molecule has 0 fully saturated rings. The van der Waals surface area contributed by atoms with Crippen LogP contribution >= 0.6 is 0 Å². The Morgan fingerprint density at radius 3 is 2.75 bits per heavy atom. The van der Waals surface area contributed by atoms with Gasteiger partial charge in [0.1, 0.15) is 23.9 Å². The molecule has 1 heterocycles. The van der Waals surface area contributed by atoms with Crippen LogP contribution < -0.4 is 4.74 Å². The lowest BCUT2D eigenvalue weighted by Gasteiger charge is -2.02. The normalized spacial score (nSPS) is 10.0. The van der Waals surface area contributed by atoms with Gasteiger partial charge in [0.25, 0.3) is 0 Å². The third-order valence-electron chi connectivity index (χ3n) is 1.98. The van der Waals surface area contributed by atoms with Crippen molar-refractivity contribution in [2.75, 3.05) is 0 Å². The molecule has 0 radical (unpaired) electrons. The Morgan fingerprint density at radius 2 is 2.12 bits per heavy atom. The highest BCUT2D eigenvalue weighted by molar-refractivity contribution is 5.84. The number of benzene rings is 1. The van der Waals surface area contributed by atoms with Gasteiger partial charge in [0.05, 0.1) is 6.20 Å². The van der Waals surface area contributed by atoms with E-state index in [2.05, 4.69) is 9.97 Å². The van der Waals surface area contributed by atoms with Crippen LogP contribution in [0.1, 0.15) is 16.3 Å². The maximum absolute atomic E-state index is 10.6. The van der Waals surface area contributed by atoms with E-state index in [1.54, 1.807) is 0 Å². The standard InChI is InChI=1S/C11H10N2O3/c14-11(15)9-6-12-10(13-9)7-16-8-4-2-1-3-5-8/h1-6H,7H2,(H,12,13)(H,14,15). The van der Waals surface area contributed by atoms with Gasteiger partial charge in [-0.15, -0.1) is 0 Å². The van der Waals surface area contributed by atoms with E-state index in [-0.39, 0.29) is 12.3 Å². The van der Waals surface area contributed by atoms with Gasteiger partial charge in [-0.2, -0.15) is 0 Å². The minimum absolute atomic E-state index is 0.0617. The molecule has 0 bridgehead atoms. The molecule has 5 heteroatoms. The lowest BCUT2D eigenvalue weighted by Crippen LogP contribution is -1.99. The fourth-order valence-electron chi connectivity index (χ4n) is 1.21. The first-order chi connectivity index (χ1) is 7.75. The zero-order valence-corrected chi connectivity index (χ0v) is 8.38. The molecule has 2 N–H and O–H groups in total. The Balaban J connectivity index is 1.97. The van der Waals surface area contributed by atoms with Crippen LogP contribution in [-0.2, 0) is 6.61 Å². The van der Waals surface area contributed by atoms with E-state index < -0.39 is 5.97 Å². The van der Waals surface area contributed by atoms with E-state index in [0.717, 1.165) is 5.75 Å². The number of ether oxygens (including phenoxy) is 1. The first-order valence-corrected chi connectivity index (χ1v) is 4.71. The average molecular weight is 218 g/mol. The number of aromatic amines is 1. The summed E-state index contributed by atoms with van der Waals surface area (Å²) in [6, 6.07) is 9.25. The molecule has 0 spiro atoms. The van der Waals surface area contributed by atoms with Crippen LogP contribution in [0.15, 0.2) is 36.5 Å². The fourth-order valence-corrected chi connectivity index (χ4v) is 1.21. The summed E-state index contributed by atoms with van der Waals surface area (Å²) < 4.78 is 5.40. The summed E-state index contributed by atoms with van der Waals surface area (Å²) in [7, 11) is 0. The van der Waals surface area contributed by atoms with Crippen LogP contribution in [-0.4, -0.2) is 21.0 Å². The third-order valence-corrected chi connectivity index (χ3v) is 1.98. The molecule has 0 saturated carbocycles. The molecule has 0 aliphatic carbocycles. The first-order valence-electron chi connectivity index (χ1n) is 4.71. The molecule has 0 aliphatic rings. The van der Waals surface area contributed by atoms with Crippen LogP contribution in [0, 0.1) is 0 Å². The maximum atomic E-state index is 10.6. The number of rotatable bonds is 4. The number of hydrogen-bond donors (Lipinski definition) is 2. The number of para-hydroxylation sites is 1. The van der Waals surface area contributed by atoms with Gasteiger partial charge in [-0.3, -0.25) is 0 Å². The van der Waals surface area contributed by atoms with E-state index in [1.165, 1.54) is 6.20 Å². The second-order valence-corrected chi connectivity index (χ2v) is 3.15. The van der Waals surface area contributed by atoms with Gasteiger partial charge in [-0.25, -0.2) is 9.78 Å². The summed E-state index contributed by atoms with van der Waals surface area (Å²) in [5, 5.41) is 8.67. The summed E-state index contributed by atoms with van der Waals surface area (Å²) in [4.78, 5) is 17.1. The summed E-state index contributed by atoms with van der Waals surface area (Å²) in [5.41, 5.74) is 0.0617. The number of nitrogens with zero attached hydrogens (tertiary/aromatic N) is 1. The average Bonchev–Trinajstić information content (AvgIpc) is 2.76. The van der Waals surface area contributed by atoms with Crippen LogP contribution in [0.4, 0.5) is 0 Å². The highest BCUT2D eigenvalue weighted by Gasteiger charge is 2.07. The monoisotopic (exact) mass is 218 g/mol. The fraction of sp³-hybridized carbons (Fsp3) is 0.0909. The minimum Gasteiger partial charge on any atom is -0.486 e. The first kappa shape index (κ1) is 10.2. The molecule has 0 amide bonds. The van der Waals surface area contributed by atoms with E-state index in [9.17, 15) is 4.79 Å². The van der Waals surface area contributed by atoms with E-state index in [4.69, 9.17) is 9.84 Å². The Bertz CT molecular complexity index is 479. The van der Waals surface area contributed by atoms with Crippen molar-refractivity contribution in [2.45, 2.75) is 6.61 Å². The highest BCUT2D eigenvalue weighted by atomic mass is 16.5. The third kappa shape index (κ3) is 2.38. The van der Waals surface area contributed by atoms with E-state index in [0.29, 0.717) is 5.82 Å². The number of carboxylic acids is 1. The molecular formula is C11H10N2O3. The van der Waals surface area contributed by atoms with Gasteiger partial charge in [0, 0.05) is 0 Å². The molecule has 0 atom stereocenters. The number of aromatic carboxylic acids is 1. The van der Waals surface area contributed by atoms with Crippen molar-refractivity contribution in [2.24, 2.45) is 0 Å². The second kappa shape index (κ2) is 4.48. The van der Waals surface area contributed by atoms with Crippen molar-refractivity contribution < 1.29 is 14.6 Å². The van der Waals surface area contributed by atoms with Crippen molar-refractivity contribution in [1.82, 2.24) is 9.97 Å². The minimum atomic E-state index is -1.03. The maximum Gasteiger partial charge on any atom is 0.353 e. The second-order valence-electron chi connectivity index (χ2n) is 3.15. The van der Waals surface area contributed by atoms with Crippen LogP contribution in [0.5, 0.6) is 5.75 Å². The molecule has 5 nitrogen and oxygen atoms in total. The van der Waals surface area contributed by atoms with Crippen LogP contribution in [0.3, 0.4) is 0 Å². The van der Waals surface area contributed by atoms with Gasteiger partial charge in [-0.1, -0.05) is 18.2 Å². The quantitative estimate of drug-likeness (QED) is 0.818. The Labute approximate surface area is 91.7 Å². The zero-order chi connectivity index (χ0) is 11.4. The number of carbonyl (C=O) groups is 1. The predicted octanol–water partition coefficient (Wildman–Crippen LogP) is 1.69. The molecule has 2 aromatic rings. The largest absolute Gasteiger partial charge is 0.486 e. The molecule has 1 aromatic heterocycles. The smallest absolute Gasteiger partial charge is 0.353 e. The van der Waals surface area contributed by atoms with Crippen molar-refractivity contribution in [3.63, 3.8) is 0 Å². The Kier molecular flexibility index (Phi) is 2.86. The molecule has 16 heavy (non-hydrogen) atoms. The number of aromatic nitrogens is 2. The van der Waals surface area contributed by atoms with Gasteiger partial charge < -0.3 is 14.8 Å². The Morgan fingerprint density at radius 1 is 1.38 bits per heavy atom. The molecule has 1 aromatic carbocycles. The van der Waals surface area contributed by atoms with Gasteiger partial charge in [-0.05, 0) is 12.1 Å². The molecule has 0 aliphatic heterocycles. The van der Waals surface area contributed by atoms with Crippen LogP contribution in [0.25, 0.3) is 0 Å². The number of H-pyrrole nitrogens is 1. The van der Waals surface area contributed by atoms with Crippen molar-refractivity contribution in [3.8, 4) is 5.75 Å². The zero-order valence-electron chi connectivity index (χ0n) is 8.38. The Hall–Kier alpha value is -2.30. The van der Waals surface area contributed by atoms with Crippen molar-refractivity contribution >= 4 is 5.97 Å². The summed E-state index contributed by atoms with van der Waals surface area (Å²) in [5.74, 6) is 0.176. The van der Waals surface area contributed by atoms with Crippen molar-refractivity contribution in [1.29, 1.82) is 0 Å². The van der Waals surface area contributed by atoms with E-state index in [1.807, 2.05) is 30.3 Å². The van der Waals surface area contributed by atoms with Gasteiger partial charge in [0.2, 0.25) is 0 Å². The number of carboxylic acid groups (broad SMARTS) is 1. The van der Waals surface area contributed by atoms with Gasteiger partial charge >= 0.3 is 5.97 Å². The van der Waals surface area contributed by atoms with Crippen molar-refractivity contribution in [3.05, 3.63) is 48.0 Å². The highest BCUT2D eigenvalue weighted by Crippen LogP contribution is 2.10. The molecule has 0 saturated heterocycles. The van der Waals surface area contributed by atoms with E-state index >= 15 is 0 Å². The summed E-state index contributed by atoms with van der Waals surface area (Å²) >= 11 is 0. The molecular weight excluding hydrogens is 208 g/mol. The predicted molar refractivity (Wildman–Crippen MR) is 56.3 cm³/mol. The lowest BCUT2D eigenvalue weighted by molar-refractivity contribution is 0.0691. The summed E-state index contributed by atoms with van der Waals surface area (Å²) in [6.45, 7) is 0.220. The topological polar surface area (TPSA) is 75.2 Å². The number of imidazole rings is 1.